The highest BCUT2D eigenvalue weighted by molar-refractivity contribution is 6.09. The van der Waals surface area contributed by atoms with E-state index in [1.54, 1.807) is 18.2 Å². The molecular weight excluding hydrogens is 382 g/mol. The summed E-state index contributed by atoms with van der Waals surface area (Å²) in [5.74, 6) is 8.59. The van der Waals surface area contributed by atoms with Crippen LogP contribution < -0.4 is 5.32 Å². The van der Waals surface area contributed by atoms with Crippen LogP contribution in [0.4, 0.5) is 5.69 Å². The molecule has 0 aliphatic heterocycles. The number of ketones is 1. The highest BCUT2D eigenvalue weighted by Gasteiger charge is 2.32. The number of Topliss-reactive ketones (excluding diaryl/α,β-unsaturated/α-hetero) is 1. The molecule has 4 unspecified atom stereocenters. The predicted molar refractivity (Wildman–Crippen MR) is 130 cm³/mol. The number of hydrogen-bond donors (Lipinski definition) is 1. The molecule has 170 valence electrons. The normalized spacial score (nSPS) is 22.7. The van der Waals surface area contributed by atoms with Gasteiger partial charge in [0.05, 0.1) is 0 Å². The summed E-state index contributed by atoms with van der Waals surface area (Å²) in [6, 6.07) is 7.13. The van der Waals surface area contributed by atoms with Crippen LogP contribution in [0.15, 0.2) is 24.3 Å². The molecule has 1 aliphatic rings. The van der Waals surface area contributed by atoms with Gasteiger partial charge >= 0.3 is 0 Å². The molecule has 1 fully saturated rings. The van der Waals surface area contributed by atoms with Crippen molar-refractivity contribution in [2.45, 2.75) is 86.0 Å². The number of nitrogens with one attached hydrogen (secondary N) is 1. The number of benzene rings is 1. The fourth-order valence-corrected chi connectivity index (χ4v) is 4.94. The van der Waals surface area contributed by atoms with Crippen LogP contribution in [0.2, 0.25) is 0 Å². The molecule has 0 radical (unpaired) electrons. The van der Waals surface area contributed by atoms with Gasteiger partial charge in [-0.1, -0.05) is 84.8 Å². The molecule has 0 aromatic heterocycles. The molecule has 1 amide bonds. The first-order chi connectivity index (χ1) is 14.9. The molecule has 1 aliphatic carbocycles. The van der Waals surface area contributed by atoms with Gasteiger partial charge in [-0.05, 0) is 55.1 Å². The lowest BCUT2D eigenvalue weighted by atomic mass is 9.67. The highest BCUT2D eigenvalue weighted by atomic mass is 16.2. The smallest absolute Gasteiger partial charge is 0.235 e. The number of rotatable bonds is 9. The molecule has 0 saturated heterocycles. The Morgan fingerprint density at radius 3 is 2.32 bits per heavy atom. The molecule has 0 heterocycles. The minimum Gasteiger partial charge on any atom is -0.326 e. The van der Waals surface area contributed by atoms with Crippen LogP contribution in [-0.2, 0) is 4.79 Å². The highest BCUT2D eigenvalue weighted by Crippen LogP contribution is 2.42. The van der Waals surface area contributed by atoms with E-state index in [1.165, 1.54) is 32.1 Å². The van der Waals surface area contributed by atoms with Gasteiger partial charge in [-0.15, -0.1) is 0 Å². The largest absolute Gasteiger partial charge is 0.326 e. The summed E-state index contributed by atoms with van der Waals surface area (Å²) in [5, 5.41) is 2.90. The average Bonchev–Trinajstić information content (AvgIpc) is 2.80. The molecule has 1 aromatic carbocycles. The molecule has 0 spiro atoms. The molecule has 31 heavy (non-hydrogen) atoms. The van der Waals surface area contributed by atoms with Crippen LogP contribution in [0.1, 0.15) is 96.3 Å². The van der Waals surface area contributed by atoms with Gasteiger partial charge < -0.3 is 5.32 Å². The lowest BCUT2D eigenvalue weighted by molar-refractivity contribution is -0.119. The SMILES string of the molecule is CCC(C#CC(=O)c1cccc(NC(=O)C(C)CC)c1)CC1C(CC)CCCC1CC. The summed E-state index contributed by atoms with van der Waals surface area (Å²) in [7, 11) is 0. The second kappa shape index (κ2) is 12.7. The van der Waals surface area contributed by atoms with Crippen molar-refractivity contribution in [3.63, 3.8) is 0 Å². The van der Waals surface area contributed by atoms with Gasteiger partial charge in [0.15, 0.2) is 0 Å². The molecule has 3 nitrogen and oxygen atoms in total. The Morgan fingerprint density at radius 1 is 1.06 bits per heavy atom. The maximum atomic E-state index is 12.7. The van der Waals surface area contributed by atoms with Crippen LogP contribution in [0, 0.1) is 41.4 Å². The molecule has 0 bridgehead atoms. The van der Waals surface area contributed by atoms with E-state index < -0.39 is 0 Å². The minimum absolute atomic E-state index is 0.0207. The maximum Gasteiger partial charge on any atom is 0.235 e. The van der Waals surface area contributed by atoms with Crippen molar-refractivity contribution in [1.82, 2.24) is 0 Å². The second-order valence-corrected chi connectivity index (χ2v) is 9.25. The molecule has 4 atom stereocenters. The van der Waals surface area contributed by atoms with E-state index in [1.807, 2.05) is 19.9 Å². The summed E-state index contributed by atoms with van der Waals surface area (Å²) in [4.78, 5) is 24.9. The fraction of sp³-hybridized carbons (Fsp3) is 0.643. The number of anilines is 1. The first-order valence-corrected chi connectivity index (χ1v) is 12.4. The lowest BCUT2D eigenvalue weighted by Gasteiger charge is -2.39. The van der Waals surface area contributed by atoms with Crippen molar-refractivity contribution in [2.24, 2.45) is 29.6 Å². The van der Waals surface area contributed by atoms with E-state index in [9.17, 15) is 9.59 Å². The topological polar surface area (TPSA) is 46.2 Å². The van der Waals surface area contributed by atoms with E-state index in [-0.39, 0.29) is 23.5 Å². The third kappa shape index (κ3) is 7.23. The van der Waals surface area contributed by atoms with E-state index in [2.05, 4.69) is 37.9 Å². The average molecular weight is 424 g/mol. The van der Waals surface area contributed by atoms with Gasteiger partial charge in [0.1, 0.15) is 0 Å². The Labute approximate surface area is 189 Å². The third-order valence-electron chi connectivity index (χ3n) is 7.30. The lowest BCUT2D eigenvalue weighted by Crippen LogP contribution is -2.29. The Kier molecular flexibility index (Phi) is 10.3. The summed E-state index contributed by atoms with van der Waals surface area (Å²) in [5.41, 5.74) is 1.20. The monoisotopic (exact) mass is 423 g/mol. The molecule has 1 N–H and O–H groups in total. The first-order valence-electron chi connectivity index (χ1n) is 12.4. The van der Waals surface area contributed by atoms with Crippen molar-refractivity contribution in [3.05, 3.63) is 29.8 Å². The number of carbonyl (C=O) groups excluding carboxylic acids is 2. The van der Waals surface area contributed by atoms with Crippen LogP contribution >= 0.6 is 0 Å². The summed E-state index contributed by atoms with van der Waals surface area (Å²) < 4.78 is 0. The quantitative estimate of drug-likeness (QED) is 0.261. The number of hydrogen-bond acceptors (Lipinski definition) is 2. The van der Waals surface area contributed by atoms with Crippen molar-refractivity contribution < 1.29 is 9.59 Å². The number of amides is 1. The maximum absolute atomic E-state index is 12.7. The zero-order valence-corrected chi connectivity index (χ0v) is 20.2. The standard InChI is InChI=1S/C28H41NO2/c1-6-20(5)28(31)29-25-15-11-14-24(19-25)27(30)17-16-21(7-2)18-26-22(8-3)12-10-13-23(26)9-4/h11,14-15,19-23,26H,6-10,12-13,18H2,1-5H3,(H,29,31). The molecule has 1 saturated carbocycles. The molecule has 2 rings (SSSR count). The third-order valence-corrected chi connectivity index (χ3v) is 7.30. The van der Waals surface area contributed by atoms with Crippen LogP contribution in [0.5, 0.6) is 0 Å². The van der Waals surface area contributed by atoms with E-state index >= 15 is 0 Å². The van der Waals surface area contributed by atoms with Gasteiger partial charge in [0, 0.05) is 23.1 Å². The van der Waals surface area contributed by atoms with Crippen molar-refractivity contribution >= 4 is 17.4 Å². The van der Waals surface area contributed by atoms with E-state index in [0.29, 0.717) is 11.3 Å². The zero-order valence-electron chi connectivity index (χ0n) is 20.2. The van der Waals surface area contributed by atoms with Gasteiger partial charge in [-0.2, -0.15) is 0 Å². The van der Waals surface area contributed by atoms with Gasteiger partial charge in [0.2, 0.25) is 11.7 Å². The van der Waals surface area contributed by atoms with Crippen molar-refractivity contribution in [2.75, 3.05) is 5.32 Å². The van der Waals surface area contributed by atoms with Gasteiger partial charge in [-0.25, -0.2) is 0 Å². The van der Waals surface area contributed by atoms with Crippen LogP contribution in [-0.4, -0.2) is 11.7 Å². The second-order valence-electron chi connectivity index (χ2n) is 9.25. The summed E-state index contributed by atoms with van der Waals surface area (Å²) in [6.45, 7) is 10.7. The molecule has 1 aromatic rings. The van der Waals surface area contributed by atoms with Crippen molar-refractivity contribution in [1.29, 1.82) is 0 Å². The summed E-state index contributed by atoms with van der Waals surface area (Å²) in [6.07, 6.45) is 9.42. The Balaban J connectivity index is 2.08. The van der Waals surface area contributed by atoms with Crippen LogP contribution in [0.3, 0.4) is 0 Å². The van der Waals surface area contributed by atoms with E-state index in [0.717, 1.165) is 37.0 Å². The Morgan fingerprint density at radius 2 is 1.74 bits per heavy atom. The fourth-order valence-electron chi connectivity index (χ4n) is 4.94. The molecular formula is C28H41NO2. The van der Waals surface area contributed by atoms with Gasteiger partial charge in [0.25, 0.3) is 0 Å². The first kappa shape index (κ1) is 25.2. The van der Waals surface area contributed by atoms with E-state index in [4.69, 9.17) is 0 Å². The van der Waals surface area contributed by atoms with Gasteiger partial charge in [-0.3, -0.25) is 9.59 Å². The molecule has 3 heteroatoms. The van der Waals surface area contributed by atoms with Crippen LogP contribution in [0.25, 0.3) is 0 Å². The van der Waals surface area contributed by atoms with Crippen molar-refractivity contribution in [3.8, 4) is 11.8 Å². The zero-order chi connectivity index (χ0) is 22.8. The Hall–Kier alpha value is -2.08. The predicted octanol–water partition coefficient (Wildman–Crippen LogP) is 7.13. The number of carbonyl (C=O) groups is 2. The minimum atomic E-state index is -0.166. The Bertz CT molecular complexity index is 776. The summed E-state index contributed by atoms with van der Waals surface area (Å²) >= 11 is 0.